The largest absolute Gasteiger partial charge is 0.486 e. The van der Waals surface area contributed by atoms with Gasteiger partial charge in [0.25, 0.3) is 6.01 Å². The topological polar surface area (TPSA) is 122 Å². The molecule has 2 aromatic carbocycles. The van der Waals surface area contributed by atoms with E-state index in [4.69, 9.17) is 32.7 Å². The summed E-state index contributed by atoms with van der Waals surface area (Å²) in [4.78, 5) is 50.6. The maximum Gasteiger partial charge on any atom is 0.317 e. The van der Waals surface area contributed by atoms with E-state index >= 15 is 0 Å². The fraction of sp³-hybridized carbons (Fsp3) is 0.382. The first-order chi connectivity index (χ1) is 23.9. The minimum atomic E-state index is -3.66. The van der Waals surface area contributed by atoms with Crippen LogP contribution in [0.15, 0.2) is 54.7 Å². The summed E-state index contributed by atoms with van der Waals surface area (Å²) in [6, 6.07) is 14.3. The van der Waals surface area contributed by atoms with E-state index in [9.17, 15) is 23.2 Å². The zero-order chi connectivity index (χ0) is 36.0. The number of pyridine rings is 1. The van der Waals surface area contributed by atoms with Crippen LogP contribution < -0.4 is 19.7 Å². The molecule has 5 rings (SSSR count). The number of hydrogen-bond donors (Lipinski definition) is 1. The number of methoxy groups -OCH3 is 1. The number of nitrogens with zero attached hydrogens (tertiary/aromatic N) is 6. The Balaban J connectivity index is 1.22. The molecule has 0 unspecified atom stereocenters. The van der Waals surface area contributed by atoms with E-state index in [0.717, 1.165) is 11.2 Å². The van der Waals surface area contributed by atoms with Crippen LogP contribution >= 0.6 is 23.2 Å². The van der Waals surface area contributed by atoms with Crippen LogP contribution in [-0.2, 0) is 22.7 Å². The van der Waals surface area contributed by atoms with Gasteiger partial charge in [0.05, 0.1) is 42.1 Å². The lowest BCUT2D eigenvalue weighted by Crippen LogP contribution is -2.54. The highest BCUT2D eigenvalue weighted by atomic mass is 35.5. The Morgan fingerprint density at radius 1 is 1.02 bits per heavy atom. The van der Waals surface area contributed by atoms with E-state index < -0.39 is 37.0 Å². The summed E-state index contributed by atoms with van der Waals surface area (Å²) in [7, 11) is 4.47. The molecule has 1 fully saturated rings. The first kappa shape index (κ1) is 36.7. The monoisotopic (exact) mass is 731 g/mol. The molecule has 4 aromatic rings. The summed E-state index contributed by atoms with van der Waals surface area (Å²) in [6.07, 6.45) is 0.601. The maximum atomic E-state index is 14.8. The van der Waals surface area contributed by atoms with Gasteiger partial charge in [-0.05, 0) is 36.4 Å². The van der Waals surface area contributed by atoms with E-state index in [1.165, 1.54) is 42.0 Å². The van der Waals surface area contributed by atoms with Gasteiger partial charge >= 0.3 is 12.0 Å². The van der Waals surface area contributed by atoms with Crippen LogP contribution in [0.4, 0.5) is 19.3 Å². The number of rotatable bonds is 13. The van der Waals surface area contributed by atoms with Crippen LogP contribution in [0, 0.1) is 0 Å². The number of piperazine rings is 1. The molecule has 266 valence electrons. The first-order valence-corrected chi connectivity index (χ1v) is 16.6. The van der Waals surface area contributed by atoms with Crippen molar-refractivity contribution >= 4 is 57.6 Å². The van der Waals surface area contributed by atoms with Crippen molar-refractivity contribution in [1.82, 2.24) is 29.7 Å². The summed E-state index contributed by atoms with van der Waals surface area (Å²) in [5.41, 5.74) is 2.78. The number of urea groups is 1. The predicted octanol–water partition coefficient (Wildman–Crippen LogP) is 5.28. The molecule has 3 heterocycles. The molecule has 16 heteroatoms. The van der Waals surface area contributed by atoms with Gasteiger partial charge in [0, 0.05) is 69.9 Å². The van der Waals surface area contributed by atoms with Gasteiger partial charge in [0.1, 0.15) is 17.9 Å². The number of halogens is 4. The Hall–Kier alpha value is -4.53. The number of carbonyl (C=O) groups excluding carboxylic acids is 3. The van der Waals surface area contributed by atoms with Crippen molar-refractivity contribution in [3.8, 4) is 11.8 Å². The number of benzene rings is 2. The van der Waals surface area contributed by atoms with Crippen molar-refractivity contribution < 1.29 is 32.6 Å². The van der Waals surface area contributed by atoms with Crippen LogP contribution in [0.1, 0.15) is 24.1 Å². The number of fused-ring (bicyclic) bond motifs is 1. The highest BCUT2D eigenvalue weighted by Gasteiger charge is 2.41. The van der Waals surface area contributed by atoms with Crippen molar-refractivity contribution in [3.63, 3.8) is 0 Å². The van der Waals surface area contributed by atoms with Crippen molar-refractivity contribution in [2.75, 3.05) is 58.8 Å². The second kappa shape index (κ2) is 16.0. The Labute approximate surface area is 297 Å². The molecule has 3 amide bonds. The number of aromatic nitrogens is 3. The smallest absolute Gasteiger partial charge is 0.317 e. The summed E-state index contributed by atoms with van der Waals surface area (Å²) in [6.45, 7) is 0.506. The Kier molecular flexibility index (Phi) is 11.8. The second-order valence-corrected chi connectivity index (χ2v) is 12.5. The van der Waals surface area contributed by atoms with Crippen molar-refractivity contribution in [1.29, 1.82) is 0 Å². The van der Waals surface area contributed by atoms with Crippen LogP contribution in [-0.4, -0.2) is 102 Å². The van der Waals surface area contributed by atoms with Gasteiger partial charge in [0.2, 0.25) is 11.7 Å². The lowest BCUT2D eigenvalue weighted by atomic mass is 10.1. The van der Waals surface area contributed by atoms with Gasteiger partial charge in [0.15, 0.2) is 0 Å². The third-order valence-corrected chi connectivity index (χ3v) is 9.25. The number of carbonyl (C=O) groups is 3. The normalized spacial score (nSPS) is 13.7. The molecule has 1 aliphatic heterocycles. The highest BCUT2D eigenvalue weighted by molar-refractivity contribution is 6.38. The van der Waals surface area contributed by atoms with Gasteiger partial charge in [-0.3, -0.25) is 24.0 Å². The number of amides is 3. The maximum absolute atomic E-state index is 14.8. The average molecular weight is 733 g/mol. The number of nitrogens with one attached hydrogen (secondary N) is 1. The molecule has 0 spiro atoms. The van der Waals surface area contributed by atoms with Gasteiger partial charge in [-0.25, -0.2) is 4.79 Å². The average Bonchev–Trinajstić information content (AvgIpc) is 3.48. The fourth-order valence-corrected chi connectivity index (χ4v) is 6.25. The number of imidazole rings is 1. The number of alkyl halides is 2. The van der Waals surface area contributed by atoms with Crippen LogP contribution in [0.3, 0.4) is 0 Å². The summed E-state index contributed by atoms with van der Waals surface area (Å²) < 4.78 is 43.3. The predicted molar refractivity (Wildman–Crippen MR) is 185 cm³/mol. The lowest BCUT2D eigenvalue weighted by Gasteiger charge is -2.35. The molecule has 0 saturated carbocycles. The lowest BCUT2D eigenvalue weighted by molar-refractivity contribution is -0.147. The number of anilines is 1. The summed E-state index contributed by atoms with van der Waals surface area (Å²) in [5.74, 6) is -5.13. The molecule has 0 radical (unpaired) electrons. The van der Waals surface area contributed by atoms with E-state index in [1.807, 2.05) is 34.9 Å². The third kappa shape index (κ3) is 8.25. The molecule has 50 heavy (non-hydrogen) atoms. The summed E-state index contributed by atoms with van der Waals surface area (Å²) in [5, 5.41) is 2.92. The summed E-state index contributed by atoms with van der Waals surface area (Å²) >= 11 is 13.2. The zero-order valence-corrected chi connectivity index (χ0v) is 29.3. The van der Waals surface area contributed by atoms with E-state index in [2.05, 4.69) is 15.3 Å². The number of para-hydroxylation sites is 1. The minimum absolute atomic E-state index is 0.0792. The van der Waals surface area contributed by atoms with Crippen LogP contribution in [0.2, 0.25) is 10.0 Å². The van der Waals surface area contributed by atoms with Gasteiger partial charge in [-0.2, -0.15) is 13.8 Å². The van der Waals surface area contributed by atoms with Crippen LogP contribution in [0.25, 0.3) is 11.0 Å². The minimum Gasteiger partial charge on any atom is -0.486 e. The van der Waals surface area contributed by atoms with Gasteiger partial charge in [-0.1, -0.05) is 35.3 Å². The highest BCUT2D eigenvalue weighted by Crippen LogP contribution is 2.36. The quantitative estimate of drug-likeness (QED) is 0.197. The molecule has 1 N–H and O–H groups in total. The van der Waals surface area contributed by atoms with E-state index in [0.29, 0.717) is 29.4 Å². The second-order valence-electron chi connectivity index (χ2n) is 11.7. The van der Waals surface area contributed by atoms with Crippen LogP contribution in [0.5, 0.6) is 11.8 Å². The fourth-order valence-electron chi connectivity index (χ4n) is 5.65. The van der Waals surface area contributed by atoms with Gasteiger partial charge < -0.3 is 24.6 Å². The number of ether oxygens (including phenoxy) is 2. The first-order valence-electron chi connectivity index (χ1n) is 15.8. The molecule has 12 nitrogen and oxygen atoms in total. The molecule has 2 aromatic heterocycles. The zero-order valence-electron chi connectivity index (χ0n) is 27.8. The van der Waals surface area contributed by atoms with E-state index in [-0.39, 0.29) is 54.5 Å². The molecule has 0 aliphatic carbocycles. The van der Waals surface area contributed by atoms with E-state index in [1.54, 1.807) is 18.3 Å². The molecule has 1 saturated heterocycles. The molecule has 0 bridgehead atoms. The number of Topliss-reactive ketones (excluding diaryl/α,β-unsaturated/α-hetero) is 1. The SMILES string of the molecule is CNC(=O)N1CCN(CC(F)(F)C(=O)CCC(=O)N(C)c2ccc(Cl)c(COc3cccc4c3nc(OC)n4Cc3ccccn3)c2Cl)CC1. The molecular formula is C34H37Cl2F2N7O5. The van der Waals surface area contributed by atoms with Crippen molar-refractivity contribution in [2.45, 2.75) is 31.9 Å². The third-order valence-electron chi connectivity index (χ3n) is 8.48. The van der Waals surface area contributed by atoms with Gasteiger partial charge in [-0.15, -0.1) is 0 Å². The Morgan fingerprint density at radius 2 is 1.78 bits per heavy atom. The molecule has 1 aliphatic rings. The Bertz CT molecular complexity index is 1850. The van der Waals surface area contributed by atoms with Crippen molar-refractivity contribution in [2.24, 2.45) is 0 Å². The number of hydrogen-bond acceptors (Lipinski definition) is 8. The Morgan fingerprint density at radius 3 is 2.46 bits per heavy atom. The standard InChI is InChI=1S/C34H37Cl2F2N7O5/c1-39-32(48)44-17-15-43(16-18-44)21-34(37,38)28(46)12-13-29(47)42(2)25-11-10-24(35)23(30(25)36)20-50-27-9-6-8-26-31(27)41-33(49-3)45(26)19-22-7-4-5-14-40-22/h4-11,14H,12-13,15-21H2,1-3H3,(H,39,48). The molecular weight excluding hydrogens is 695 g/mol. The number of ketones is 1. The molecule has 0 atom stereocenters. The van der Waals surface area contributed by atoms with Crippen molar-refractivity contribution in [3.05, 3.63) is 76.0 Å².